The van der Waals surface area contributed by atoms with Crippen LogP contribution in [0.25, 0.3) is 0 Å². The van der Waals surface area contributed by atoms with E-state index in [1.165, 1.54) is 0 Å². The molecule has 0 amide bonds. The summed E-state index contributed by atoms with van der Waals surface area (Å²) in [6.45, 7) is -0.368. The molecule has 0 aliphatic rings. The zero-order chi connectivity index (χ0) is 15.5. The fourth-order valence-corrected chi connectivity index (χ4v) is 1.42. The highest BCUT2D eigenvalue weighted by atomic mass is 19.4. The van der Waals surface area contributed by atoms with Gasteiger partial charge in [0.1, 0.15) is 5.69 Å². The predicted molar refractivity (Wildman–Crippen MR) is 55.1 cm³/mol. The smallest absolute Gasteiger partial charge is 0.481 e. The largest absolute Gasteiger partial charge is 0.573 e. The molecule has 5 nitrogen and oxygen atoms in total. The van der Waals surface area contributed by atoms with Crippen LogP contribution in [-0.4, -0.2) is 22.4 Å². The minimum Gasteiger partial charge on any atom is -0.481 e. The van der Waals surface area contributed by atoms with Crippen LogP contribution in [0.2, 0.25) is 0 Å². The minimum absolute atomic E-state index is 0.115. The van der Waals surface area contributed by atoms with Crippen molar-refractivity contribution in [2.75, 3.05) is 0 Å². The lowest BCUT2D eigenvalue weighted by Crippen LogP contribution is -2.20. The molecule has 0 aromatic carbocycles. The maximum Gasteiger partial charge on any atom is 0.573 e. The van der Waals surface area contributed by atoms with E-state index >= 15 is 0 Å². The zero-order valence-electron chi connectivity index (χ0n) is 9.75. The van der Waals surface area contributed by atoms with E-state index in [1.54, 1.807) is 0 Å². The Bertz CT molecular complexity index is 504. The number of hydrogen-bond donors (Lipinski definition) is 2. The number of alkyl halides is 5. The molecule has 20 heavy (non-hydrogen) atoms. The standard InChI is InChI=1S/C10H9F5N2O3/c11-9(12)8-6(20-10(13,14)15)1-4(3-16)5(17-8)2-7(18)19/h1,9H,2-3,16H2,(H,18,19). The molecule has 3 N–H and O–H groups in total. The predicted octanol–water partition coefficient (Wildman–Crippen LogP) is 2.00. The number of aliphatic carboxylic acids is 1. The molecular weight excluding hydrogens is 291 g/mol. The van der Waals surface area contributed by atoms with Gasteiger partial charge in [0.15, 0.2) is 5.75 Å². The second-order valence-electron chi connectivity index (χ2n) is 3.60. The fourth-order valence-electron chi connectivity index (χ4n) is 1.42. The number of nitrogens with two attached hydrogens (primary N) is 1. The lowest BCUT2D eigenvalue weighted by molar-refractivity contribution is -0.275. The Labute approximate surface area is 109 Å². The number of carbonyl (C=O) groups is 1. The second kappa shape index (κ2) is 5.99. The van der Waals surface area contributed by atoms with Crippen molar-refractivity contribution in [3.05, 3.63) is 23.0 Å². The van der Waals surface area contributed by atoms with Crippen molar-refractivity contribution in [1.82, 2.24) is 4.98 Å². The second-order valence-corrected chi connectivity index (χ2v) is 3.60. The van der Waals surface area contributed by atoms with Crippen LogP contribution in [0.5, 0.6) is 5.75 Å². The molecular formula is C10H9F5N2O3. The van der Waals surface area contributed by atoms with E-state index in [9.17, 15) is 26.7 Å². The molecule has 0 aliphatic carbocycles. The quantitative estimate of drug-likeness (QED) is 0.812. The Kier molecular flexibility index (Phi) is 4.82. The molecule has 1 rings (SSSR count). The van der Waals surface area contributed by atoms with Crippen molar-refractivity contribution in [1.29, 1.82) is 0 Å². The summed E-state index contributed by atoms with van der Waals surface area (Å²) in [5.74, 6) is -2.57. The minimum atomic E-state index is -5.18. The van der Waals surface area contributed by atoms with Crippen LogP contribution < -0.4 is 10.5 Å². The number of pyridine rings is 1. The molecule has 0 fully saturated rings. The Morgan fingerprint density at radius 3 is 2.45 bits per heavy atom. The SMILES string of the molecule is NCc1cc(OC(F)(F)F)c(C(F)F)nc1CC(=O)O. The van der Waals surface area contributed by atoms with Gasteiger partial charge in [-0.15, -0.1) is 13.2 Å². The number of aromatic nitrogens is 1. The van der Waals surface area contributed by atoms with E-state index in [4.69, 9.17) is 10.8 Å². The van der Waals surface area contributed by atoms with Crippen molar-refractivity contribution in [2.24, 2.45) is 5.73 Å². The Hall–Kier alpha value is -1.97. The van der Waals surface area contributed by atoms with E-state index in [0.29, 0.717) is 6.07 Å². The van der Waals surface area contributed by atoms with Crippen LogP contribution in [-0.2, 0) is 17.8 Å². The average Bonchev–Trinajstić information content (AvgIpc) is 2.27. The Balaban J connectivity index is 3.33. The highest BCUT2D eigenvalue weighted by molar-refractivity contribution is 5.70. The first-order valence-corrected chi connectivity index (χ1v) is 5.12. The summed E-state index contributed by atoms with van der Waals surface area (Å²) in [4.78, 5) is 13.8. The third kappa shape index (κ3) is 4.30. The number of carboxylic acids is 1. The zero-order valence-corrected chi connectivity index (χ0v) is 9.75. The van der Waals surface area contributed by atoms with E-state index in [-0.39, 0.29) is 17.8 Å². The highest BCUT2D eigenvalue weighted by Crippen LogP contribution is 2.33. The van der Waals surface area contributed by atoms with Gasteiger partial charge in [-0.05, 0) is 11.6 Å². The van der Waals surface area contributed by atoms with E-state index < -0.39 is 36.6 Å². The molecule has 0 aliphatic heterocycles. The molecule has 0 atom stereocenters. The van der Waals surface area contributed by atoms with Crippen LogP contribution in [0.3, 0.4) is 0 Å². The summed E-state index contributed by atoms with van der Waals surface area (Å²) in [7, 11) is 0. The van der Waals surface area contributed by atoms with E-state index in [1.807, 2.05) is 0 Å². The van der Waals surface area contributed by atoms with E-state index in [2.05, 4.69) is 9.72 Å². The van der Waals surface area contributed by atoms with E-state index in [0.717, 1.165) is 0 Å². The number of carboxylic acid groups (broad SMARTS) is 1. The number of halogens is 5. The summed E-state index contributed by atoms with van der Waals surface area (Å²) in [5.41, 5.74) is 3.50. The normalized spacial score (nSPS) is 11.8. The molecule has 0 bridgehead atoms. The van der Waals surface area contributed by atoms with Gasteiger partial charge >= 0.3 is 12.3 Å². The number of ether oxygens (including phenoxy) is 1. The Morgan fingerprint density at radius 1 is 1.45 bits per heavy atom. The summed E-state index contributed by atoms with van der Waals surface area (Å²) in [6.07, 6.45) is -9.27. The molecule has 112 valence electrons. The van der Waals surface area contributed by atoms with Crippen LogP contribution >= 0.6 is 0 Å². The van der Waals surface area contributed by atoms with Gasteiger partial charge in [0.25, 0.3) is 6.43 Å². The lowest BCUT2D eigenvalue weighted by atomic mass is 10.1. The van der Waals surface area contributed by atoms with Gasteiger partial charge in [-0.25, -0.2) is 13.8 Å². The lowest BCUT2D eigenvalue weighted by Gasteiger charge is -2.15. The molecule has 0 saturated carbocycles. The first-order chi connectivity index (χ1) is 9.14. The van der Waals surface area contributed by atoms with Crippen LogP contribution in [0, 0.1) is 0 Å². The van der Waals surface area contributed by atoms with Crippen molar-refractivity contribution in [3.8, 4) is 5.75 Å². The van der Waals surface area contributed by atoms with Crippen LogP contribution in [0.15, 0.2) is 6.07 Å². The van der Waals surface area contributed by atoms with Crippen molar-refractivity contribution < 1.29 is 36.6 Å². The van der Waals surface area contributed by atoms with Crippen molar-refractivity contribution in [3.63, 3.8) is 0 Å². The van der Waals surface area contributed by atoms with Gasteiger partial charge in [-0.2, -0.15) is 0 Å². The molecule has 1 aromatic rings. The summed E-state index contributed by atoms with van der Waals surface area (Å²) in [6, 6.07) is 0.625. The first kappa shape index (κ1) is 16.1. The monoisotopic (exact) mass is 300 g/mol. The van der Waals surface area contributed by atoms with Gasteiger partial charge in [0.05, 0.1) is 12.1 Å². The van der Waals surface area contributed by atoms with Crippen molar-refractivity contribution in [2.45, 2.75) is 25.8 Å². The topological polar surface area (TPSA) is 85.4 Å². The number of rotatable bonds is 5. The molecule has 0 spiro atoms. The molecule has 1 heterocycles. The number of hydrogen-bond acceptors (Lipinski definition) is 4. The Morgan fingerprint density at radius 2 is 2.05 bits per heavy atom. The molecule has 1 aromatic heterocycles. The summed E-state index contributed by atoms with van der Waals surface area (Å²) >= 11 is 0. The summed E-state index contributed by atoms with van der Waals surface area (Å²) in [5, 5.41) is 8.59. The molecule has 0 unspecified atom stereocenters. The highest BCUT2D eigenvalue weighted by Gasteiger charge is 2.34. The summed E-state index contributed by atoms with van der Waals surface area (Å²) < 4.78 is 65.1. The third-order valence-corrected chi connectivity index (χ3v) is 2.15. The van der Waals surface area contributed by atoms with Crippen LogP contribution in [0.4, 0.5) is 22.0 Å². The van der Waals surface area contributed by atoms with Gasteiger partial charge in [-0.3, -0.25) is 4.79 Å². The van der Waals surface area contributed by atoms with Crippen LogP contribution in [0.1, 0.15) is 23.4 Å². The first-order valence-electron chi connectivity index (χ1n) is 5.12. The van der Waals surface area contributed by atoms with Crippen molar-refractivity contribution >= 4 is 5.97 Å². The molecule has 0 saturated heterocycles. The van der Waals surface area contributed by atoms with Gasteiger partial charge in [-0.1, -0.05) is 0 Å². The maximum absolute atomic E-state index is 12.7. The number of nitrogens with zero attached hydrogens (tertiary/aromatic N) is 1. The van der Waals surface area contributed by atoms with Gasteiger partial charge < -0.3 is 15.6 Å². The molecule has 10 heteroatoms. The van der Waals surface area contributed by atoms with Gasteiger partial charge in [0.2, 0.25) is 0 Å². The fraction of sp³-hybridized carbons (Fsp3) is 0.400. The van der Waals surface area contributed by atoms with Gasteiger partial charge in [0, 0.05) is 6.54 Å². The maximum atomic E-state index is 12.7. The third-order valence-electron chi connectivity index (χ3n) is 2.15. The molecule has 0 radical (unpaired) electrons. The average molecular weight is 300 g/mol.